The lowest BCUT2D eigenvalue weighted by Gasteiger charge is -2.36. The van der Waals surface area contributed by atoms with Crippen LogP contribution in [-0.2, 0) is 10.0 Å². The Kier molecular flexibility index (Phi) is 4.59. The average molecular weight is 319 g/mol. The number of anilines is 1. The van der Waals surface area contributed by atoms with Gasteiger partial charge in [0, 0.05) is 12.6 Å². The largest absolute Gasteiger partial charge is 0.397 e. The number of aliphatic hydroxyl groups is 1. The fourth-order valence-electron chi connectivity index (χ4n) is 2.35. The fourth-order valence-corrected chi connectivity index (χ4v) is 4.48. The second kappa shape index (κ2) is 5.89. The average Bonchev–Trinajstić information content (AvgIpc) is 2.30. The van der Waals surface area contributed by atoms with Gasteiger partial charge in [-0.2, -0.15) is 4.31 Å². The van der Waals surface area contributed by atoms with Crippen LogP contribution in [0.2, 0.25) is 5.02 Å². The van der Waals surface area contributed by atoms with Crippen molar-refractivity contribution < 1.29 is 13.5 Å². The lowest BCUT2D eigenvalue weighted by Crippen LogP contribution is -2.45. The molecule has 0 spiro atoms. The first-order valence-electron chi connectivity index (χ1n) is 6.56. The molecule has 0 aromatic heterocycles. The first kappa shape index (κ1) is 15.6. The van der Waals surface area contributed by atoms with Crippen molar-refractivity contribution in [1.29, 1.82) is 0 Å². The Morgan fingerprint density at radius 1 is 1.45 bits per heavy atom. The van der Waals surface area contributed by atoms with Crippen LogP contribution in [0, 0.1) is 6.92 Å². The van der Waals surface area contributed by atoms with Gasteiger partial charge in [-0.15, -0.1) is 0 Å². The third-order valence-corrected chi connectivity index (χ3v) is 6.10. The first-order valence-corrected chi connectivity index (χ1v) is 8.38. The van der Waals surface area contributed by atoms with Gasteiger partial charge in [-0.1, -0.05) is 18.0 Å². The zero-order valence-corrected chi connectivity index (χ0v) is 12.9. The molecule has 0 atom stereocenters. The Labute approximate surface area is 124 Å². The molecule has 1 aliphatic carbocycles. The molecule has 0 heterocycles. The summed E-state index contributed by atoms with van der Waals surface area (Å²) in [6, 6.07) is 2.93. The molecule has 0 radical (unpaired) electrons. The molecule has 0 saturated heterocycles. The van der Waals surface area contributed by atoms with Crippen molar-refractivity contribution in [2.75, 3.05) is 18.9 Å². The van der Waals surface area contributed by atoms with Gasteiger partial charge in [0.05, 0.1) is 22.2 Å². The molecule has 0 amide bonds. The summed E-state index contributed by atoms with van der Waals surface area (Å²) in [5.74, 6) is 0. The van der Waals surface area contributed by atoms with Gasteiger partial charge in [0.25, 0.3) is 0 Å². The molecule has 1 aromatic carbocycles. The number of nitrogens with two attached hydrogens (primary N) is 1. The van der Waals surface area contributed by atoms with Crippen LogP contribution < -0.4 is 5.73 Å². The van der Waals surface area contributed by atoms with E-state index in [4.69, 9.17) is 22.4 Å². The van der Waals surface area contributed by atoms with Crippen LogP contribution in [0.4, 0.5) is 5.69 Å². The highest BCUT2D eigenvalue weighted by molar-refractivity contribution is 7.89. The third-order valence-electron chi connectivity index (χ3n) is 3.68. The van der Waals surface area contributed by atoms with Crippen molar-refractivity contribution in [1.82, 2.24) is 4.31 Å². The van der Waals surface area contributed by atoms with E-state index in [1.54, 1.807) is 13.0 Å². The van der Waals surface area contributed by atoms with Gasteiger partial charge in [-0.05, 0) is 37.5 Å². The molecule has 0 bridgehead atoms. The molecule has 2 rings (SSSR count). The summed E-state index contributed by atoms with van der Waals surface area (Å²) >= 11 is 5.90. The number of nitrogens with zero attached hydrogens (tertiary/aromatic N) is 1. The first-order chi connectivity index (χ1) is 9.37. The zero-order chi connectivity index (χ0) is 14.9. The van der Waals surface area contributed by atoms with E-state index in [9.17, 15) is 8.42 Å². The van der Waals surface area contributed by atoms with Crippen LogP contribution in [0.3, 0.4) is 0 Å². The maximum atomic E-state index is 12.8. The lowest BCUT2D eigenvalue weighted by atomic mass is 9.93. The van der Waals surface area contributed by atoms with Crippen molar-refractivity contribution in [3.63, 3.8) is 0 Å². The summed E-state index contributed by atoms with van der Waals surface area (Å²) in [7, 11) is -3.66. The molecular formula is C13H19ClN2O3S. The second-order valence-electron chi connectivity index (χ2n) is 5.06. The van der Waals surface area contributed by atoms with Gasteiger partial charge >= 0.3 is 0 Å². The minimum absolute atomic E-state index is 0.0246. The monoisotopic (exact) mass is 318 g/mol. The molecule has 0 unspecified atom stereocenters. The standard InChI is InChI=1S/C13H19ClN2O3S/c1-9-7-11(14)12(15)8-13(9)20(18,19)16(5-6-17)10-3-2-4-10/h7-8,10,17H,2-6,15H2,1H3. The SMILES string of the molecule is Cc1cc(Cl)c(N)cc1S(=O)(=O)N(CCO)C1CCC1. The molecule has 112 valence electrons. The topological polar surface area (TPSA) is 83.6 Å². The van der Waals surface area contributed by atoms with Crippen LogP contribution in [0.25, 0.3) is 0 Å². The Hall–Kier alpha value is -0.820. The van der Waals surface area contributed by atoms with E-state index in [0.717, 1.165) is 19.3 Å². The minimum Gasteiger partial charge on any atom is -0.397 e. The van der Waals surface area contributed by atoms with E-state index in [2.05, 4.69) is 0 Å². The minimum atomic E-state index is -3.66. The quantitative estimate of drug-likeness (QED) is 0.810. The van der Waals surface area contributed by atoms with Gasteiger partial charge in [-0.3, -0.25) is 0 Å². The van der Waals surface area contributed by atoms with Crippen LogP contribution in [0.1, 0.15) is 24.8 Å². The van der Waals surface area contributed by atoms with Crippen LogP contribution in [-0.4, -0.2) is 37.0 Å². The maximum absolute atomic E-state index is 12.8. The number of rotatable bonds is 5. The highest BCUT2D eigenvalue weighted by atomic mass is 35.5. The molecule has 20 heavy (non-hydrogen) atoms. The molecule has 5 nitrogen and oxygen atoms in total. The van der Waals surface area contributed by atoms with Gasteiger partial charge < -0.3 is 10.8 Å². The number of aryl methyl sites for hydroxylation is 1. The molecule has 1 aromatic rings. The Bertz CT molecular complexity index is 600. The van der Waals surface area contributed by atoms with Crippen molar-refractivity contribution in [3.8, 4) is 0 Å². The van der Waals surface area contributed by atoms with Gasteiger partial charge in [0.15, 0.2) is 0 Å². The number of nitrogen functional groups attached to an aromatic ring is 1. The second-order valence-corrected chi connectivity index (χ2v) is 7.33. The molecule has 1 aliphatic rings. The number of sulfonamides is 1. The number of hydrogen-bond acceptors (Lipinski definition) is 4. The number of aliphatic hydroxyl groups excluding tert-OH is 1. The van der Waals surface area contributed by atoms with Gasteiger partial charge in [-0.25, -0.2) is 8.42 Å². The molecular weight excluding hydrogens is 300 g/mol. The third kappa shape index (κ3) is 2.79. The lowest BCUT2D eigenvalue weighted by molar-refractivity contribution is 0.178. The van der Waals surface area contributed by atoms with Crippen LogP contribution >= 0.6 is 11.6 Å². The summed E-state index contributed by atoms with van der Waals surface area (Å²) < 4.78 is 26.9. The zero-order valence-electron chi connectivity index (χ0n) is 11.3. The summed E-state index contributed by atoms with van der Waals surface area (Å²) in [4.78, 5) is 0.166. The highest BCUT2D eigenvalue weighted by Crippen LogP contribution is 2.33. The van der Waals surface area contributed by atoms with Gasteiger partial charge in [0.2, 0.25) is 10.0 Å². The van der Waals surface area contributed by atoms with Crippen molar-refractivity contribution in [2.24, 2.45) is 0 Å². The number of halogens is 1. The summed E-state index contributed by atoms with van der Waals surface area (Å²) in [5, 5.41) is 9.48. The van der Waals surface area contributed by atoms with Crippen LogP contribution in [0.15, 0.2) is 17.0 Å². The number of hydrogen-bond donors (Lipinski definition) is 2. The molecule has 1 fully saturated rings. The van der Waals surface area contributed by atoms with Crippen molar-refractivity contribution in [3.05, 3.63) is 22.7 Å². The van der Waals surface area contributed by atoms with E-state index in [1.807, 2.05) is 0 Å². The Balaban J connectivity index is 2.44. The summed E-state index contributed by atoms with van der Waals surface area (Å²) in [6.07, 6.45) is 2.69. The molecule has 0 aliphatic heterocycles. The maximum Gasteiger partial charge on any atom is 0.243 e. The predicted octanol–water partition coefficient (Wildman–Crippen LogP) is 1.77. The molecule has 3 N–H and O–H groups in total. The predicted molar refractivity (Wildman–Crippen MR) is 79.2 cm³/mol. The fraction of sp³-hybridized carbons (Fsp3) is 0.538. The highest BCUT2D eigenvalue weighted by Gasteiger charge is 2.35. The van der Waals surface area contributed by atoms with E-state index < -0.39 is 10.0 Å². The smallest absolute Gasteiger partial charge is 0.243 e. The summed E-state index contributed by atoms with van der Waals surface area (Å²) in [5.41, 5.74) is 6.52. The summed E-state index contributed by atoms with van der Waals surface area (Å²) in [6.45, 7) is 1.60. The van der Waals surface area contributed by atoms with E-state index in [0.29, 0.717) is 10.6 Å². The van der Waals surface area contributed by atoms with Gasteiger partial charge in [0.1, 0.15) is 0 Å². The van der Waals surface area contributed by atoms with Crippen molar-refractivity contribution >= 4 is 27.3 Å². The van der Waals surface area contributed by atoms with E-state index in [1.165, 1.54) is 10.4 Å². The van der Waals surface area contributed by atoms with Crippen LogP contribution in [0.5, 0.6) is 0 Å². The molecule has 7 heteroatoms. The number of benzene rings is 1. The van der Waals surface area contributed by atoms with Crippen molar-refractivity contribution in [2.45, 2.75) is 37.1 Å². The van der Waals surface area contributed by atoms with E-state index in [-0.39, 0.29) is 29.8 Å². The van der Waals surface area contributed by atoms with E-state index >= 15 is 0 Å². The Morgan fingerprint density at radius 3 is 2.60 bits per heavy atom. The molecule has 1 saturated carbocycles. The normalized spacial score (nSPS) is 16.4. The Morgan fingerprint density at radius 2 is 2.10 bits per heavy atom.